The highest BCUT2D eigenvalue weighted by Gasteiger charge is 2.30. The fraction of sp³-hybridized carbons (Fsp3) is 0.733. The highest BCUT2D eigenvalue weighted by atomic mass is 16.6. The van der Waals surface area contributed by atoms with Crippen LogP contribution in [0.4, 0.5) is 4.79 Å². The van der Waals surface area contributed by atoms with Gasteiger partial charge in [-0.05, 0) is 40.0 Å². The molecule has 0 spiro atoms. The molecule has 0 aliphatic carbocycles. The average Bonchev–Trinajstić information content (AvgIpc) is 2.63. The SMILES string of the molecule is COC1=CC(=O)N(C)[C@H]1CCCCNC(=O)OC(C)(C)C. The van der Waals surface area contributed by atoms with Gasteiger partial charge in [0.25, 0.3) is 0 Å². The van der Waals surface area contributed by atoms with Gasteiger partial charge in [0.2, 0.25) is 5.91 Å². The molecule has 0 unspecified atom stereocenters. The lowest BCUT2D eigenvalue weighted by Crippen LogP contribution is -2.33. The van der Waals surface area contributed by atoms with E-state index in [1.807, 2.05) is 20.8 Å². The number of carbonyl (C=O) groups excluding carboxylic acids is 2. The van der Waals surface area contributed by atoms with Crippen LogP contribution in [0.2, 0.25) is 0 Å². The lowest BCUT2D eigenvalue weighted by atomic mass is 10.1. The van der Waals surface area contributed by atoms with Gasteiger partial charge < -0.3 is 19.7 Å². The maximum absolute atomic E-state index is 11.6. The summed E-state index contributed by atoms with van der Waals surface area (Å²) in [5.74, 6) is 0.686. The predicted molar refractivity (Wildman–Crippen MR) is 79.7 cm³/mol. The molecule has 2 amide bonds. The lowest BCUT2D eigenvalue weighted by Gasteiger charge is -2.22. The number of hydrogen-bond donors (Lipinski definition) is 1. The molecule has 0 fully saturated rings. The van der Waals surface area contributed by atoms with Crippen LogP contribution in [0.25, 0.3) is 0 Å². The number of unbranched alkanes of at least 4 members (excludes halogenated alkanes) is 1. The molecule has 1 atom stereocenters. The quantitative estimate of drug-likeness (QED) is 0.762. The van der Waals surface area contributed by atoms with Crippen LogP contribution in [0, 0.1) is 0 Å². The second-order valence-corrected chi connectivity index (χ2v) is 6.14. The number of carbonyl (C=O) groups is 2. The van der Waals surface area contributed by atoms with E-state index in [9.17, 15) is 9.59 Å². The van der Waals surface area contributed by atoms with Gasteiger partial charge in [-0.2, -0.15) is 0 Å². The minimum atomic E-state index is -0.477. The second-order valence-electron chi connectivity index (χ2n) is 6.14. The summed E-state index contributed by atoms with van der Waals surface area (Å²) in [4.78, 5) is 24.7. The number of alkyl carbamates (subject to hydrolysis) is 1. The molecule has 0 saturated carbocycles. The molecule has 0 radical (unpaired) electrons. The molecule has 0 saturated heterocycles. The van der Waals surface area contributed by atoms with Gasteiger partial charge >= 0.3 is 6.09 Å². The standard InChI is InChI=1S/C15H26N2O4/c1-15(2,3)21-14(19)16-9-7-6-8-11-12(20-5)10-13(18)17(11)4/h10-11H,6-9H2,1-5H3,(H,16,19)/t11-/m0/s1. The summed E-state index contributed by atoms with van der Waals surface area (Å²) >= 11 is 0. The first-order valence-corrected chi connectivity index (χ1v) is 7.24. The van der Waals surface area contributed by atoms with Crippen molar-refractivity contribution in [3.8, 4) is 0 Å². The Bertz CT molecular complexity index is 412. The molecule has 1 N–H and O–H groups in total. The van der Waals surface area contributed by atoms with Crippen LogP contribution < -0.4 is 5.32 Å². The number of nitrogens with one attached hydrogen (secondary N) is 1. The molecule has 1 rings (SSSR count). The van der Waals surface area contributed by atoms with Crippen LogP contribution in [0.5, 0.6) is 0 Å². The normalized spacial score (nSPS) is 18.5. The van der Waals surface area contributed by atoms with Crippen LogP contribution >= 0.6 is 0 Å². The molecular weight excluding hydrogens is 272 g/mol. The van der Waals surface area contributed by atoms with Crippen molar-refractivity contribution >= 4 is 12.0 Å². The van der Waals surface area contributed by atoms with Crippen molar-refractivity contribution in [1.29, 1.82) is 0 Å². The molecule has 0 bridgehead atoms. The Balaban J connectivity index is 2.21. The van der Waals surface area contributed by atoms with E-state index in [-0.39, 0.29) is 11.9 Å². The van der Waals surface area contributed by atoms with E-state index in [1.54, 1.807) is 19.1 Å². The largest absolute Gasteiger partial charge is 0.499 e. The molecule has 1 heterocycles. The Morgan fingerprint density at radius 3 is 2.62 bits per heavy atom. The maximum atomic E-state index is 11.6. The van der Waals surface area contributed by atoms with E-state index in [1.165, 1.54) is 6.08 Å². The summed E-state index contributed by atoms with van der Waals surface area (Å²) in [5, 5.41) is 2.72. The summed E-state index contributed by atoms with van der Waals surface area (Å²) in [6.45, 7) is 6.06. The Morgan fingerprint density at radius 1 is 1.38 bits per heavy atom. The Morgan fingerprint density at radius 2 is 2.05 bits per heavy atom. The topological polar surface area (TPSA) is 67.9 Å². The van der Waals surface area contributed by atoms with Crippen molar-refractivity contribution in [2.75, 3.05) is 20.7 Å². The van der Waals surface area contributed by atoms with Crippen molar-refractivity contribution < 1.29 is 19.1 Å². The lowest BCUT2D eigenvalue weighted by molar-refractivity contribution is -0.124. The number of methoxy groups -OCH3 is 1. The fourth-order valence-corrected chi connectivity index (χ4v) is 2.16. The van der Waals surface area contributed by atoms with E-state index in [4.69, 9.17) is 9.47 Å². The van der Waals surface area contributed by atoms with Crippen LogP contribution in [0.15, 0.2) is 11.8 Å². The first-order valence-electron chi connectivity index (χ1n) is 7.24. The minimum Gasteiger partial charge on any atom is -0.499 e. The molecule has 6 nitrogen and oxygen atoms in total. The highest BCUT2D eigenvalue weighted by Crippen LogP contribution is 2.22. The Kier molecular flexibility index (Phi) is 6.05. The van der Waals surface area contributed by atoms with Crippen LogP contribution in [-0.4, -0.2) is 49.2 Å². The molecule has 0 aromatic rings. The van der Waals surface area contributed by atoms with Crippen molar-refractivity contribution in [2.24, 2.45) is 0 Å². The van der Waals surface area contributed by atoms with E-state index >= 15 is 0 Å². The number of amides is 2. The first kappa shape index (κ1) is 17.3. The molecular formula is C15H26N2O4. The van der Waals surface area contributed by atoms with E-state index < -0.39 is 11.7 Å². The fourth-order valence-electron chi connectivity index (χ4n) is 2.16. The van der Waals surface area contributed by atoms with Gasteiger partial charge in [-0.1, -0.05) is 0 Å². The average molecular weight is 298 g/mol. The molecule has 120 valence electrons. The zero-order valence-corrected chi connectivity index (χ0v) is 13.6. The maximum Gasteiger partial charge on any atom is 0.407 e. The van der Waals surface area contributed by atoms with Gasteiger partial charge in [0.05, 0.1) is 13.2 Å². The highest BCUT2D eigenvalue weighted by molar-refractivity contribution is 5.91. The van der Waals surface area contributed by atoms with Crippen molar-refractivity contribution in [2.45, 2.75) is 51.7 Å². The molecule has 0 aromatic carbocycles. The molecule has 6 heteroatoms. The van der Waals surface area contributed by atoms with Gasteiger partial charge in [-0.15, -0.1) is 0 Å². The Hall–Kier alpha value is -1.72. The summed E-state index contributed by atoms with van der Waals surface area (Å²) < 4.78 is 10.4. The van der Waals surface area contributed by atoms with Gasteiger partial charge in [0, 0.05) is 19.7 Å². The second kappa shape index (κ2) is 7.33. The summed E-state index contributed by atoms with van der Waals surface area (Å²) in [6, 6.07) is 0.00373. The van der Waals surface area contributed by atoms with Crippen molar-refractivity contribution in [3.63, 3.8) is 0 Å². The zero-order valence-electron chi connectivity index (χ0n) is 13.6. The molecule has 0 aromatic heterocycles. The monoisotopic (exact) mass is 298 g/mol. The first-order chi connectivity index (χ1) is 9.74. The van der Waals surface area contributed by atoms with Gasteiger partial charge in [0.15, 0.2) is 0 Å². The summed E-state index contributed by atoms with van der Waals surface area (Å²) in [7, 11) is 3.35. The van der Waals surface area contributed by atoms with Gasteiger partial charge in [-0.25, -0.2) is 4.79 Å². The third-order valence-electron chi connectivity index (χ3n) is 3.22. The Labute approximate surface area is 126 Å². The number of rotatable bonds is 6. The van der Waals surface area contributed by atoms with Crippen LogP contribution in [-0.2, 0) is 14.3 Å². The smallest absolute Gasteiger partial charge is 0.407 e. The minimum absolute atomic E-state index is 0.00373. The van der Waals surface area contributed by atoms with Gasteiger partial charge in [-0.3, -0.25) is 4.79 Å². The number of hydrogen-bond acceptors (Lipinski definition) is 4. The summed E-state index contributed by atoms with van der Waals surface area (Å²) in [5.41, 5.74) is -0.477. The third-order valence-corrected chi connectivity index (χ3v) is 3.22. The van der Waals surface area contributed by atoms with Crippen molar-refractivity contribution in [3.05, 3.63) is 11.8 Å². The number of likely N-dealkylation sites (N-methyl/N-ethyl adjacent to an activating group) is 1. The molecule has 21 heavy (non-hydrogen) atoms. The van der Waals surface area contributed by atoms with E-state index in [2.05, 4.69) is 5.32 Å². The zero-order chi connectivity index (χ0) is 16.0. The predicted octanol–water partition coefficient (Wildman–Crippen LogP) is 2.05. The number of ether oxygens (including phenoxy) is 2. The molecule has 1 aliphatic heterocycles. The molecule has 1 aliphatic rings. The van der Waals surface area contributed by atoms with Crippen molar-refractivity contribution in [1.82, 2.24) is 10.2 Å². The number of nitrogens with zero attached hydrogens (tertiary/aromatic N) is 1. The third kappa shape index (κ3) is 5.65. The summed E-state index contributed by atoms with van der Waals surface area (Å²) in [6.07, 6.45) is 3.67. The van der Waals surface area contributed by atoms with Gasteiger partial charge in [0.1, 0.15) is 11.4 Å². The van der Waals surface area contributed by atoms with E-state index in [0.29, 0.717) is 12.3 Å². The van der Waals surface area contributed by atoms with E-state index in [0.717, 1.165) is 19.3 Å². The van der Waals surface area contributed by atoms with Crippen LogP contribution in [0.3, 0.4) is 0 Å². The van der Waals surface area contributed by atoms with Crippen LogP contribution in [0.1, 0.15) is 40.0 Å².